The van der Waals surface area contributed by atoms with Crippen LogP contribution in [0, 0.1) is 0 Å². The Morgan fingerprint density at radius 1 is 1.37 bits per heavy atom. The minimum atomic E-state index is 0.192. The first kappa shape index (κ1) is 14.4. The summed E-state index contributed by atoms with van der Waals surface area (Å²) in [5, 5.41) is 3.73. The van der Waals surface area contributed by atoms with Crippen molar-refractivity contribution in [1.82, 2.24) is 5.32 Å². The van der Waals surface area contributed by atoms with E-state index in [0.717, 1.165) is 19.6 Å². The Balaban J connectivity index is 1.53. The second-order valence-corrected chi connectivity index (χ2v) is 9.19. The molecule has 0 aromatic carbocycles. The van der Waals surface area contributed by atoms with Crippen LogP contribution in [0.15, 0.2) is 15.9 Å². The van der Waals surface area contributed by atoms with E-state index in [-0.39, 0.29) is 5.60 Å². The molecule has 2 fully saturated rings. The van der Waals surface area contributed by atoms with Gasteiger partial charge in [-0.05, 0) is 65.3 Å². The van der Waals surface area contributed by atoms with Crippen LogP contribution in [-0.2, 0) is 11.3 Å². The van der Waals surface area contributed by atoms with E-state index in [1.807, 2.05) is 11.3 Å². The Hall–Kier alpha value is 0.450. The second kappa shape index (κ2) is 6.48. The molecule has 0 saturated carbocycles. The lowest BCUT2D eigenvalue weighted by atomic mass is 9.85. The van der Waals surface area contributed by atoms with Crippen LogP contribution in [0.3, 0.4) is 0 Å². The smallest absolute Gasteiger partial charge is 0.0713 e. The van der Waals surface area contributed by atoms with Crippen molar-refractivity contribution in [1.29, 1.82) is 0 Å². The molecule has 0 amide bonds. The minimum absolute atomic E-state index is 0.192. The van der Waals surface area contributed by atoms with Gasteiger partial charge in [0, 0.05) is 24.1 Å². The van der Waals surface area contributed by atoms with E-state index in [1.54, 1.807) is 0 Å². The molecule has 1 aromatic rings. The van der Waals surface area contributed by atoms with Crippen LogP contribution < -0.4 is 5.32 Å². The van der Waals surface area contributed by atoms with Gasteiger partial charge in [0.25, 0.3) is 0 Å². The molecule has 1 unspecified atom stereocenters. The third-order valence-electron chi connectivity index (χ3n) is 4.09. The average molecular weight is 362 g/mol. The van der Waals surface area contributed by atoms with Crippen LogP contribution in [0.25, 0.3) is 0 Å². The molecule has 0 aliphatic carbocycles. The Bertz CT molecular complexity index is 412. The monoisotopic (exact) mass is 361 g/mol. The van der Waals surface area contributed by atoms with Crippen molar-refractivity contribution in [3.05, 3.63) is 20.8 Å². The fourth-order valence-electron chi connectivity index (χ4n) is 2.99. The molecule has 3 rings (SSSR count). The number of nitrogens with one attached hydrogen (secondary N) is 1. The molecule has 0 bridgehead atoms. The van der Waals surface area contributed by atoms with Gasteiger partial charge >= 0.3 is 0 Å². The predicted molar refractivity (Wildman–Crippen MR) is 87.1 cm³/mol. The van der Waals surface area contributed by atoms with Crippen molar-refractivity contribution in [3.63, 3.8) is 0 Å². The van der Waals surface area contributed by atoms with E-state index in [4.69, 9.17) is 4.74 Å². The third kappa shape index (κ3) is 3.76. The summed E-state index contributed by atoms with van der Waals surface area (Å²) < 4.78 is 7.35. The lowest BCUT2D eigenvalue weighted by Crippen LogP contribution is -2.48. The Morgan fingerprint density at radius 3 is 2.95 bits per heavy atom. The molecule has 1 atom stereocenters. The van der Waals surface area contributed by atoms with Gasteiger partial charge in [0.15, 0.2) is 0 Å². The molecular weight excluding hydrogens is 342 g/mol. The summed E-state index contributed by atoms with van der Waals surface area (Å²) in [6, 6.07) is 4.96. The average Bonchev–Trinajstić information content (AvgIpc) is 2.83. The maximum Gasteiger partial charge on any atom is 0.0713 e. The summed E-state index contributed by atoms with van der Waals surface area (Å²) in [5.74, 6) is 2.54. The van der Waals surface area contributed by atoms with Gasteiger partial charge in [0.05, 0.1) is 9.39 Å². The number of thioether (sulfide) groups is 1. The maximum atomic E-state index is 6.13. The zero-order valence-corrected chi connectivity index (χ0v) is 14.2. The molecule has 1 aromatic heterocycles. The number of halogens is 1. The normalized spacial score (nSPS) is 26.7. The van der Waals surface area contributed by atoms with Crippen LogP contribution in [0.5, 0.6) is 0 Å². The van der Waals surface area contributed by atoms with Gasteiger partial charge in [0.2, 0.25) is 0 Å². The lowest BCUT2D eigenvalue weighted by molar-refractivity contribution is -0.0933. The third-order valence-corrected chi connectivity index (χ3v) is 6.70. The zero-order valence-electron chi connectivity index (χ0n) is 11.0. The summed E-state index contributed by atoms with van der Waals surface area (Å²) >= 11 is 7.42. The molecule has 2 saturated heterocycles. The molecular formula is C14H20BrNOS2. The summed E-state index contributed by atoms with van der Waals surface area (Å²) in [6.07, 6.45) is 4.82. The number of thiophene rings is 1. The van der Waals surface area contributed by atoms with Gasteiger partial charge in [-0.2, -0.15) is 11.8 Å². The first-order valence-corrected chi connectivity index (χ1v) is 9.72. The Morgan fingerprint density at radius 2 is 2.21 bits per heavy atom. The molecule has 5 heteroatoms. The van der Waals surface area contributed by atoms with Gasteiger partial charge in [-0.1, -0.05) is 0 Å². The van der Waals surface area contributed by atoms with E-state index in [2.05, 4.69) is 45.1 Å². The summed E-state index contributed by atoms with van der Waals surface area (Å²) in [4.78, 5) is 1.41. The van der Waals surface area contributed by atoms with Crippen LogP contribution in [-0.4, -0.2) is 29.8 Å². The molecule has 106 valence electrons. The zero-order chi connectivity index (χ0) is 13.1. The molecule has 1 N–H and O–H groups in total. The molecule has 2 aliphatic rings. The number of hydrogen-bond acceptors (Lipinski definition) is 4. The molecule has 2 aliphatic heterocycles. The quantitative estimate of drug-likeness (QED) is 0.877. The van der Waals surface area contributed by atoms with E-state index in [1.165, 1.54) is 39.4 Å². The van der Waals surface area contributed by atoms with Crippen LogP contribution in [0.4, 0.5) is 0 Å². The highest BCUT2D eigenvalue weighted by molar-refractivity contribution is 9.11. The van der Waals surface area contributed by atoms with Crippen molar-refractivity contribution < 1.29 is 4.74 Å². The van der Waals surface area contributed by atoms with E-state index in [0.29, 0.717) is 6.04 Å². The van der Waals surface area contributed by atoms with Crippen molar-refractivity contribution in [2.75, 3.05) is 18.1 Å². The van der Waals surface area contributed by atoms with Crippen molar-refractivity contribution in [2.24, 2.45) is 0 Å². The number of ether oxygens (including phenoxy) is 1. The van der Waals surface area contributed by atoms with Gasteiger partial charge < -0.3 is 10.1 Å². The molecule has 3 heterocycles. The highest BCUT2D eigenvalue weighted by Crippen LogP contribution is 2.37. The standard InChI is InChI=1S/C14H20BrNOS2/c15-13-2-1-12(19-13)10-16-11-3-6-17-14(9-11)4-7-18-8-5-14/h1-2,11,16H,3-10H2. The van der Waals surface area contributed by atoms with E-state index >= 15 is 0 Å². The second-order valence-electron chi connectivity index (χ2n) is 5.42. The molecule has 0 radical (unpaired) electrons. The largest absolute Gasteiger partial charge is 0.375 e. The van der Waals surface area contributed by atoms with Crippen molar-refractivity contribution in [3.8, 4) is 0 Å². The highest BCUT2D eigenvalue weighted by atomic mass is 79.9. The fourth-order valence-corrected chi connectivity index (χ4v) is 5.66. The number of rotatable bonds is 3. The van der Waals surface area contributed by atoms with Gasteiger partial charge in [-0.25, -0.2) is 0 Å². The Kier molecular flexibility index (Phi) is 4.91. The summed E-state index contributed by atoms with van der Waals surface area (Å²) in [6.45, 7) is 1.92. The SMILES string of the molecule is Brc1ccc(CNC2CCOC3(CCSCC3)C2)s1. The molecule has 2 nitrogen and oxygen atoms in total. The lowest BCUT2D eigenvalue weighted by Gasteiger charge is -2.43. The van der Waals surface area contributed by atoms with Gasteiger partial charge in [-0.15, -0.1) is 11.3 Å². The summed E-state index contributed by atoms with van der Waals surface area (Å²) in [5.41, 5.74) is 0.192. The number of hydrogen-bond donors (Lipinski definition) is 1. The first-order valence-electron chi connectivity index (χ1n) is 6.95. The molecule has 1 spiro atoms. The first-order chi connectivity index (χ1) is 9.26. The highest BCUT2D eigenvalue weighted by Gasteiger charge is 2.38. The van der Waals surface area contributed by atoms with Crippen molar-refractivity contribution >= 4 is 39.0 Å². The van der Waals surface area contributed by atoms with Crippen molar-refractivity contribution in [2.45, 2.75) is 43.9 Å². The molecule has 19 heavy (non-hydrogen) atoms. The predicted octanol–water partition coefficient (Wildman–Crippen LogP) is 4.05. The van der Waals surface area contributed by atoms with Gasteiger partial charge in [0.1, 0.15) is 0 Å². The topological polar surface area (TPSA) is 21.3 Å². The minimum Gasteiger partial charge on any atom is -0.375 e. The van der Waals surface area contributed by atoms with Crippen LogP contribution in [0.1, 0.15) is 30.6 Å². The van der Waals surface area contributed by atoms with E-state index in [9.17, 15) is 0 Å². The summed E-state index contributed by atoms with van der Waals surface area (Å²) in [7, 11) is 0. The van der Waals surface area contributed by atoms with Crippen LogP contribution in [0.2, 0.25) is 0 Å². The van der Waals surface area contributed by atoms with Crippen LogP contribution >= 0.6 is 39.0 Å². The fraction of sp³-hybridized carbons (Fsp3) is 0.714. The van der Waals surface area contributed by atoms with Gasteiger partial charge in [-0.3, -0.25) is 0 Å². The van der Waals surface area contributed by atoms with E-state index < -0.39 is 0 Å². The Labute approximate surface area is 131 Å². The maximum absolute atomic E-state index is 6.13.